The van der Waals surface area contributed by atoms with Crippen LogP contribution in [-0.4, -0.2) is 122 Å². The maximum Gasteiger partial charge on any atom is 0.255 e. The van der Waals surface area contributed by atoms with Crippen molar-refractivity contribution in [3.8, 4) is 11.5 Å². The summed E-state index contributed by atoms with van der Waals surface area (Å²) < 4.78 is 36.5. The van der Waals surface area contributed by atoms with Crippen LogP contribution in [0.5, 0.6) is 11.5 Å². The average molecular weight is 882 g/mol. The maximum atomic E-state index is 16.3. The van der Waals surface area contributed by atoms with E-state index in [1.807, 2.05) is 26.0 Å². The fourth-order valence-electron chi connectivity index (χ4n) is 11.5. The number of piperidine rings is 3. The SMILES string of the molecule is CCC1(CC)C(=O)N(c2cc(F)ccc2O)[C@H]1c1cc(F)c(N2CCC(CN3CCN(CC4CCN(c5ccc6c(c5)CN([C@H]5CCC(=O)NC5=O)C6=O)CC4)CC3)CC2)cc1OC. The predicted molar refractivity (Wildman–Crippen MR) is 239 cm³/mol. The molecule has 0 aliphatic carbocycles. The van der Waals surface area contributed by atoms with Crippen LogP contribution in [0.1, 0.15) is 92.7 Å². The number of nitrogens with one attached hydrogen (secondary N) is 1. The Hall–Kier alpha value is -5.28. The van der Waals surface area contributed by atoms with Gasteiger partial charge in [0.2, 0.25) is 17.7 Å². The van der Waals surface area contributed by atoms with E-state index in [0.717, 1.165) is 115 Å². The zero-order valence-corrected chi connectivity index (χ0v) is 37.3. The number of rotatable bonds is 12. The van der Waals surface area contributed by atoms with E-state index in [1.165, 1.54) is 17.0 Å². The summed E-state index contributed by atoms with van der Waals surface area (Å²) >= 11 is 0. The van der Waals surface area contributed by atoms with Gasteiger partial charge in [-0.3, -0.25) is 29.4 Å². The van der Waals surface area contributed by atoms with Crippen LogP contribution in [0.3, 0.4) is 0 Å². The number of methoxy groups -OCH3 is 1. The number of phenolic OH excluding ortho intramolecular Hbond substituents is 1. The van der Waals surface area contributed by atoms with Crippen molar-refractivity contribution in [3.05, 3.63) is 76.9 Å². The third-order valence-electron chi connectivity index (χ3n) is 15.4. The van der Waals surface area contributed by atoms with Gasteiger partial charge in [-0.1, -0.05) is 13.8 Å². The number of phenols is 1. The minimum Gasteiger partial charge on any atom is -0.506 e. The highest BCUT2D eigenvalue weighted by Gasteiger charge is 2.60. The Balaban J connectivity index is 0.738. The molecule has 13 nitrogen and oxygen atoms in total. The summed E-state index contributed by atoms with van der Waals surface area (Å²) in [7, 11) is 1.55. The molecule has 15 heteroatoms. The number of carbonyl (C=O) groups excluding carboxylic acids is 4. The minimum atomic E-state index is -0.842. The van der Waals surface area contributed by atoms with E-state index in [4.69, 9.17) is 4.74 Å². The zero-order chi connectivity index (χ0) is 44.9. The van der Waals surface area contributed by atoms with Gasteiger partial charge in [0.1, 0.15) is 29.2 Å². The molecule has 0 bridgehead atoms. The lowest BCUT2D eigenvalue weighted by Gasteiger charge is -2.56. The monoisotopic (exact) mass is 881 g/mol. The van der Waals surface area contributed by atoms with Crippen molar-refractivity contribution in [3.63, 3.8) is 0 Å². The molecule has 5 saturated heterocycles. The maximum absolute atomic E-state index is 16.3. The molecule has 0 saturated carbocycles. The van der Waals surface area contributed by atoms with Crippen molar-refractivity contribution in [2.24, 2.45) is 17.3 Å². The first-order valence-electron chi connectivity index (χ1n) is 23.3. The lowest BCUT2D eigenvalue weighted by Crippen LogP contribution is -2.63. The van der Waals surface area contributed by atoms with Gasteiger partial charge in [-0.25, -0.2) is 8.78 Å². The second-order valence-electron chi connectivity index (χ2n) is 18.8. The molecule has 0 spiro atoms. The molecule has 2 atom stereocenters. The van der Waals surface area contributed by atoms with Crippen molar-refractivity contribution in [1.29, 1.82) is 0 Å². The van der Waals surface area contributed by atoms with Gasteiger partial charge < -0.3 is 34.3 Å². The van der Waals surface area contributed by atoms with Crippen LogP contribution in [0.2, 0.25) is 0 Å². The summed E-state index contributed by atoms with van der Waals surface area (Å²) in [4.78, 5) is 63.7. The van der Waals surface area contributed by atoms with Crippen LogP contribution in [0.15, 0.2) is 48.5 Å². The Labute approximate surface area is 374 Å². The van der Waals surface area contributed by atoms with Gasteiger partial charge in [-0.2, -0.15) is 0 Å². The lowest BCUT2D eigenvalue weighted by atomic mass is 9.64. The minimum absolute atomic E-state index is 0.0671. The van der Waals surface area contributed by atoms with E-state index >= 15 is 4.39 Å². The summed E-state index contributed by atoms with van der Waals surface area (Å²) in [5.74, 6) is -0.591. The van der Waals surface area contributed by atoms with Gasteiger partial charge in [-0.05, 0) is 98.7 Å². The van der Waals surface area contributed by atoms with E-state index < -0.39 is 23.3 Å². The van der Waals surface area contributed by atoms with Crippen molar-refractivity contribution < 1.29 is 37.8 Å². The summed E-state index contributed by atoms with van der Waals surface area (Å²) in [5, 5.41) is 13.0. The largest absolute Gasteiger partial charge is 0.506 e. The Morgan fingerprint density at radius 3 is 2.02 bits per heavy atom. The molecule has 6 aliphatic rings. The molecule has 3 aromatic rings. The molecule has 3 aromatic carbocycles. The van der Waals surface area contributed by atoms with Gasteiger partial charge in [0, 0.05) is 107 Å². The quantitative estimate of drug-likeness (QED) is 0.163. The van der Waals surface area contributed by atoms with Crippen LogP contribution in [0.4, 0.5) is 25.8 Å². The number of benzene rings is 3. The van der Waals surface area contributed by atoms with Gasteiger partial charge in [-0.15, -0.1) is 0 Å². The molecule has 342 valence electrons. The topological polar surface area (TPSA) is 129 Å². The number of amides is 4. The number of ether oxygens (including phenoxy) is 1. The second kappa shape index (κ2) is 17.9. The molecule has 9 rings (SSSR count). The third-order valence-corrected chi connectivity index (χ3v) is 15.4. The normalized spacial score (nSPS) is 23.7. The number of piperazine rings is 1. The van der Waals surface area contributed by atoms with E-state index in [1.54, 1.807) is 18.1 Å². The number of hydrogen-bond acceptors (Lipinski definition) is 10. The van der Waals surface area contributed by atoms with Gasteiger partial charge in [0.25, 0.3) is 5.91 Å². The van der Waals surface area contributed by atoms with Crippen LogP contribution < -0.4 is 24.8 Å². The smallest absolute Gasteiger partial charge is 0.255 e. The van der Waals surface area contributed by atoms with Gasteiger partial charge in [0.05, 0.1) is 29.9 Å². The number of halogens is 2. The van der Waals surface area contributed by atoms with Crippen molar-refractivity contribution in [2.75, 3.05) is 87.3 Å². The van der Waals surface area contributed by atoms with Crippen molar-refractivity contribution in [1.82, 2.24) is 20.0 Å². The molecule has 6 heterocycles. The molecule has 6 aliphatic heterocycles. The predicted octanol–water partition coefficient (Wildman–Crippen LogP) is 6.08. The fourth-order valence-corrected chi connectivity index (χ4v) is 11.5. The van der Waals surface area contributed by atoms with Crippen LogP contribution in [0.25, 0.3) is 0 Å². The molecule has 0 aromatic heterocycles. The third kappa shape index (κ3) is 8.07. The molecule has 0 unspecified atom stereocenters. The first-order valence-corrected chi connectivity index (χ1v) is 23.3. The van der Waals surface area contributed by atoms with Crippen LogP contribution >= 0.6 is 0 Å². The summed E-state index contributed by atoms with van der Waals surface area (Å²) in [5.41, 5.74) is 2.92. The Morgan fingerprint density at radius 1 is 0.766 bits per heavy atom. The number of fused-ring (bicyclic) bond motifs is 1. The Kier molecular flexibility index (Phi) is 12.3. The first kappa shape index (κ1) is 43.9. The second-order valence-corrected chi connectivity index (χ2v) is 18.8. The van der Waals surface area contributed by atoms with Crippen LogP contribution in [0, 0.1) is 28.9 Å². The number of carbonyl (C=O) groups is 4. The number of nitrogens with zero attached hydrogens (tertiary/aromatic N) is 6. The van der Waals surface area contributed by atoms with E-state index in [9.17, 15) is 28.7 Å². The summed E-state index contributed by atoms with van der Waals surface area (Å²) in [6.07, 6.45) is 5.74. The average Bonchev–Trinajstić information content (AvgIpc) is 3.62. The first-order chi connectivity index (χ1) is 30.9. The molecule has 4 amide bonds. The zero-order valence-electron chi connectivity index (χ0n) is 37.3. The highest BCUT2D eigenvalue weighted by atomic mass is 19.1. The Morgan fingerprint density at radius 2 is 1.41 bits per heavy atom. The van der Waals surface area contributed by atoms with Gasteiger partial charge in [0.15, 0.2) is 0 Å². The number of aromatic hydroxyl groups is 1. The number of imide groups is 1. The Bertz CT molecular complexity index is 2280. The van der Waals surface area contributed by atoms with Gasteiger partial charge >= 0.3 is 0 Å². The van der Waals surface area contributed by atoms with Crippen molar-refractivity contribution in [2.45, 2.75) is 83.8 Å². The van der Waals surface area contributed by atoms with E-state index in [2.05, 4.69) is 31.0 Å². The van der Waals surface area contributed by atoms with Crippen LogP contribution in [-0.2, 0) is 20.9 Å². The summed E-state index contributed by atoms with van der Waals surface area (Å²) in [6, 6.07) is 11.5. The number of hydrogen-bond donors (Lipinski definition) is 2. The van der Waals surface area contributed by atoms with Crippen molar-refractivity contribution >= 4 is 40.7 Å². The molecular weight excluding hydrogens is 821 g/mol. The van der Waals surface area contributed by atoms with E-state index in [-0.39, 0.29) is 47.3 Å². The molecule has 2 N–H and O–H groups in total. The lowest BCUT2D eigenvalue weighted by molar-refractivity contribution is -0.141. The molecule has 5 fully saturated rings. The standard InChI is InChI=1S/C49H61F2N7O6/c1-4-49(5-2)45(58(48(49)63)41-25-34(50)6-10-42(41)59)37-26-38(51)40(27-43(37)64-3)56-18-14-32(15-19-56)29-54-22-20-53(21-23-54)28-31-12-16-55(17-13-31)35-7-8-36-33(24-35)30-57(47(36)62)39-9-11-44(60)52-46(39)61/h6-8,10,24-27,31-32,39,45,59H,4-5,9,11-23,28-30H2,1-3H3,(H,52,60,61)/t39-,45-/m0/s1. The fraction of sp³-hybridized carbons (Fsp3) is 0.551. The molecular formula is C49H61F2N7O6. The molecule has 64 heavy (non-hydrogen) atoms. The summed E-state index contributed by atoms with van der Waals surface area (Å²) in [6.45, 7) is 14.0. The van der Waals surface area contributed by atoms with E-state index in [0.29, 0.717) is 60.2 Å². The highest BCUT2D eigenvalue weighted by Crippen LogP contribution is 2.59. The molecule has 0 radical (unpaired) electrons. The number of anilines is 3. The highest BCUT2D eigenvalue weighted by molar-refractivity contribution is 6.07. The number of β-lactam (4-membered cyclic amide) rings is 1.